The maximum atomic E-state index is 12.1. The highest BCUT2D eigenvalue weighted by atomic mass is 79.9. The number of ketones is 1. The Morgan fingerprint density at radius 1 is 1.47 bits per heavy atom. The predicted octanol–water partition coefficient (Wildman–Crippen LogP) is 2.45. The molecule has 0 aliphatic carbocycles. The van der Waals surface area contributed by atoms with E-state index in [1.807, 2.05) is 12.1 Å². The number of hydrogen-bond acceptors (Lipinski definition) is 3. The van der Waals surface area contributed by atoms with Crippen LogP contribution in [0.2, 0.25) is 0 Å². The Labute approximate surface area is 97.0 Å². The Kier molecular flexibility index (Phi) is 3.49. The summed E-state index contributed by atoms with van der Waals surface area (Å²) in [5.74, 6) is 0.204. The molecule has 0 saturated carbocycles. The molecule has 1 fully saturated rings. The lowest BCUT2D eigenvalue weighted by atomic mass is 9.93. The van der Waals surface area contributed by atoms with E-state index in [9.17, 15) is 4.79 Å². The lowest BCUT2D eigenvalue weighted by Crippen LogP contribution is -2.24. The second kappa shape index (κ2) is 4.86. The number of nitrogens with zero attached hydrogens (tertiary/aromatic N) is 1. The molecule has 0 bridgehead atoms. The van der Waals surface area contributed by atoms with Crippen LogP contribution in [-0.4, -0.2) is 24.0 Å². The molecule has 0 aromatic carbocycles. The second-order valence-electron chi connectivity index (χ2n) is 3.58. The van der Waals surface area contributed by atoms with Gasteiger partial charge >= 0.3 is 0 Å². The molecule has 2 heterocycles. The average molecular weight is 270 g/mol. The SMILES string of the molecule is O=C(c1ncccc1Br)C1CCOCC1. The first-order valence-electron chi connectivity index (χ1n) is 5.01. The van der Waals surface area contributed by atoms with Crippen molar-refractivity contribution in [1.82, 2.24) is 4.98 Å². The van der Waals surface area contributed by atoms with Crippen molar-refractivity contribution < 1.29 is 9.53 Å². The van der Waals surface area contributed by atoms with Crippen molar-refractivity contribution in [3.8, 4) is 0 Å². The van der Waals surface area contributed by atoms with Gasteiger partial charge in [0, 0.05) is 29.8 Å². The molecule has 0 amide bonds. The number of Topliss-reactive ketones (excluding diaryl/α,β-unsaturated/α-hetero) is 1. The number of rotatable bonds is 2. The number of aromatic nitrogens is 1. The van der Waals surface area contributed by atoms with Crippen molar-refractivity contribution in [1.29, 1.82) is 0 Å². The van der Waals surface area contributed by atoms with E-state index in [1.165, 1.54) is 0 Å². The van der Waals surface area contributed by atoms with Crippen LogP contribution in [0.1, 0.15) is 23.3 Å². The molecule has 0 radical (unpaired) electrons. The Morgan fingerprint density at radius 2 is 2.20 bits per heavy atom. The maximum Gasteiger partial charge on any atom is 0.185 e. The van der Waals surface area contributed by atoms with Gasteiger partial charge in [-0.15, -0.1) is 0 Å². The van der Waals surface area contributed by atoms with Gasteiger partial charge in [0.15, 0.2) is 5.78 Å². The third-order valence-corrected chi connectivity index (χ3v) is 3.22. The molecular weight excluding hydrogens is 258 g/mol. The lowest BCUT2D eigenvalue weighted by molar-refractivity contribution is 0.0541. The van der Waals surface area contributed by atoms with Crippen molar-refractivity contribution in [3.63, 3.8) is 0 Å². The molecule has 0 unspecified atom stereocenters. The quantitative estimate of drug-likeness (QED) is 0.775. The Bertz CT molecular complexity index is 361. The van der Waals surface area contributed by atoms with Gasteiger partial charge in [-0.2, -0.15) is 0 Å². The van der Waals surface area contributed by atoms with Crippen LogP contribution >= 0.6 is 15.9 Å². The van der Waals surface area contributed by atoms with Crippen molar-refractivity contribution in [2.24, 2.45) is 5.92 Å². The van der Waals surface area contributed by atoms with Gasteiger partial charge in [-0.25, -0.2) is 0 Å². The Balaban J connectivity index is 2.16. The van der Waals surface area contributed by atoms with Crippen LogP contribution in [0, 0.1) is 5.92 Å². The van der Waals surface area contributed by atoms with Gasteiger partial charge in [-0.3, -0.25) is 9.78 Å². The van der Waals surface area contributed by atoms with Gasteiger partial charge < -0.3 is 4.74 Å². The summed E-state index contributed by atoms with van der Waals surface area (Å²) in [4.78, 5) is 16.2. The zero-order valence-electron chi connectivity index (χ0n) is 8.28. The first-order valence-corrected chi connectivity index (χ1v) is 5.81. The number of carbonyl (C=O) groups is 1. The largest absolute Gasteiger partial charge is 0.381 e. The summed E-state index contributed by atoms with van der Waals surface area (Å²) in [6.07, 6.45) is 3.26. The van der Waals surface area contributed by atoms with Gasteiger partial charge in [-0.05, 0) is 40.9 Å². The Hall–Kier alpha value is -0.740. The van der Waals surface area contributed by atoms with Crippen molar-refractivity contribution in [2.45, 2.75) is 12.8 Å². The van der Waals surface area contributed by atoms with Crippen molar-refractivity contribution in [2.75, 3.05) is 13.2 Å². The molecule has 15 heavy (non-hydrogen) atoms. The minimum atomic E-state index is 0.0740. The standard InChI is InChI=1S/C11H12BrNO2/c12-9-2-1-5-13-10(9)11(14)8-3-6-15-7-4-8/h1-2,5,8H,3-4,6-7H2. The van der Waals surface area contributed by atoms with Crippen LogP contribution in [-0.2, 0) is 4.74 Å². The van der Waals surface area contributed by atoms with E-state index in [-0.39, 0.29) is 11.7 Å². The summed E-state index contributed by atoms with van der Waals surface area (Å²) < 4.78 is 6.01. The van der Waals surface area contributed by atoms with Crippen LogP contribution in [0.25, 0.3) is 0 Å². The summed E-state index contributed by atoms with van der Waals surface area (Å²) >= 11 is 3.35. The summed E-state index contributed by atoms with van der Waals surface area (Å²) in [7, 11) is 0. The van der Waals surface area contributed by atoms with E-state index in [2.05, 4.69) is 20.9 Å². The minimum Gasteiger partial charge on any atom is -0.381 e. The fourth-order valence-corrected chi connectivity index (χ4v) is 2.17. The fraction of sp³-hybridized carbons (Fsp3) is 0.455. The van der Waals surface area contributed by atoms with Gasteiger partial charge in [0.25, 0.3) is 0 Å². The highest BCUT2D eigenvalue weighted by Gasteiger charge is 2.24. The van der Waals surface area contributed by atoms with Crippen molar-refractivity contribution in [3.05, 3.63) is 28.5 Å². The number of hydrogen-bond donors (Lipinski definition) is 0. The van der Waals surface area contributed by atoms with Gasteiger partial charge in [0.2, 0.25) is 0 Å². The fourth-order valence-electron chi connectivity index (χ4n) is 1.72. The van der Waals surface area contributed by atoms with Gasteiger partial charge in [0.05, 0.1) is 0 Å². The molecule has 0 N–H and O–H groups in total. The van der Waals surface area contributed by atoms with E-state index in [0.717, 1.165) is 17.3 Å². The maximum absolute atomic E-state index is 12.1. The molecule has 3 nitrogen and oxygen atoms in total. The molecule has 0 atom stereocenters. The minimum absolute atomic E-state index is 0.0740. The van der Waals surface area contributed by atoms with E-state index >= 15 is 0 Å². The van der Waals surface area contributed by atoms with Crippen LogP contribution < -0.4 is 0 Å². The molecule has 1 aromatic rings. The van der Waals surface area contributed by atoms with E-state index in [0.29, 0.717) is 18.9 Å². The average Bonchev–Trinajstić information content (AvgIpc) is 2.30. The summed E-state index contributed by atoms with van der Waals surface area (Å²) in [6, 6.07) is 3.66. The molecule has 1 aromatic heterocycles. The number of pyridine rings is 1. The van der Waals surface area contributed by atoms with Gasteiger partial charge in [-0.1, -0.05) is 0 Å². The van der Waals surface area contributed by atoms with Crippen LogP contribution in [0.3, 0.4) is 0 Å². The molecular formula is C11H12BrNO2. The van der Waals surface area contributed by atoms with E-state index in [1.54, 1.807) is 6.20 Å². The molecule has 1 saturated heterocycles. The molecule has 80 valence electrons. The smallest absolute Gasteiger partial charge is 0.185 e. The van der Waals surface area contributed by atoms with E-state index in [4.69, 9.17) is 4.74 Å². The highest BCUT2D eigenvalue weighted by molar-refractivity contribution is 9.10. The normalized spacial score (nSPS) is 17.7. The second-order valence-corrected chi connectivity index (χ2v) is 4.44. The summed E-state index contributed by atoms with van der Waals surface area (Å²) in [5.41, 5.74) is 0.546. The topological polar surface area (TPSA) is 39.2 Å². The first-order chi connectivity index (χ1) is 7.29. The van der Waals surface area contributed by atoms with Crippen LogP contribution in [0.4, 0.5) is 0 Å². The van der Waals surface area contributed by atoms with Crippen LogP contribution in [0.15, 0.2) is 22.8 Å². The molecule has 1 aliphatic heterocycles. The summed E-state index contributed by atoms with van der Waals surface area (Å²) in [6.45, 7) is 1.36. The molecule has 2 rings (SSSR count). The van der Waals surface area contributed by atoms with E-state index < -0.39 is 0 Å². The Morgan fingerprint density at radius 3 is 2.87 bits per heavy atom. The number of carbonyl (C=O) groups excluding carboxylic acids is 1. The molecule has 0 spiro atoms. The van der Waals surface area contributed by atoms with Gasteiger partial charge in [0.1, 0.15) is 5.69 Å². The molecule has 4 heteroatoms. The molecule has 1 aliphatic rings. The number of ether oxygens (including phenoxy) is 1. The van der Waals surface area contributed by atoms with Crippen LogP contribution in [0.5, 0.6) is 0 Å². The first kappa shape index (κ1) is 10.8. The number of halogens is 1. The summed E-state index contributed by atoms with van der Waals surface area (Å²) in [5, 5.41) is 0. The van der Waals surface area contributed by atoms with Crippen molar-refractivity contribution >= 4 is 21.7 Å². The zero-order valence-corrected chi connectivity index (χ0v) is 9.87. The highest BCUT2D eigenvalue weighted by Crippen LogP contribution is 2.23. The third kappa shape index (κ3) is 2.44. The third-order valence-electron chi connectivity index (χ3n) is 2.58. The monoisotopic (exact) mass is 269 g/mol. The zero-order chi connectivity index (χ0) is 10.7. The predicted molar refractivity (Wildman–Crippen MR) is 59.8 cm³/mol. The lowest BCUT2D eigenvalue weighted by Gasteiger charge is -2.20.